The fraction of sp³-hybridized carbons (Fsp3) is 0. The van der Waals surface area contributed by atoms with E-state index in [9.17, 15) is 9.18 Å². The zero-order valence-electron chi connectivity index (χ0n) is 7.33. The van der Waals surface area contributed by atoms with Crippen LogP contribution in [0.1, 0.15) is 10.5 Å². The fourth-order valence-electron chi connectivity index (χ4n) is 0.981. The maximum Gasteiger partial charge on any atom is 0.356 e. The Bertz CT molecular complexity index is 494. The van der Waals surface area contributed by atoms with Crippen LogP contribution < -0.4 is 0 Å². The molecule has 0 atom stereocenters. The van der Waals surface area contributed by atoms with E-state index in [4.69, 9.17) is 5.11 Å². The van der Waals surface area contributed by atoms with Crippen LogP contribution in [0.4, 0.5) is 4.39 Å². The van der Waals surface area contributed by atoms with Crippen LogP contribution in [-0.4, -0.2) is 30.6 Å². The van der Waals surface area contributed by atoms with E-state index in [1.165, 1.54) is 17.1 Å². The third-order valence-corrected chi connectivity index (χ3v) is 1.64. The van der Waals surface area contributed by atoms with Gasteiger partial charge in [-0.2, -0.15) is 0 Å². The Morgan fingerprint density at radius 3 is 2.53 bits per heavy atom. The van der Waals surface area contributed by atoms with Crippen LogP contribution in [0, 0.1) is 5.82 Å². The number of carbonyl (C=O) groups is 1. The molecule has 7 heteroatoms. The number of imidazole rings is 1. The van der Waals surface area contributed by atoms with Gasteiger partial charge in [-0.05, 0) is 0 Å². The molecule has 0 unspecified atom stereocenters. The summed E-state index contributed by atoms with van der Waals surface area (Å²) in [6.07, 6.45) is 4.47. The van der Waals surface area contributed by atoms with Crippen molar-refractivity contribution in [2.75, 3.05) is 0 Å². The average molecular weight is 208 g/mol. The van der Waals surface area contributed by atoms with Crippen molar-refractivity contribution in [2.24, 2.45) is 0 Å². The summed E-state index contributed by atoms with van der Waals surface area (Å²) in [6.45, 7) is 0. The number of aromatic nitrogens is 4. The minimum absolute atomic E-state index is 0.122. The lowest BCUT2D eigenvalue weighted by molar-refractivity contribution is 0.0691. The van der Waals surface area contributed by atoms with E-state index in [1.807, 2.05) is 0 Å². The van der Waals surface area contributed by atoms with Gasteiger partial charge in [-0.15, -0.1) is 0 Å². The normalized spacial score (nSPS) is 10.2. The van der Waals surface area contributed by atoms with Crippen molar-refractivity contribution in [3.05, 3.63) is 36.4 Å². The number of rotatable bonds is 2. The van der Waals surface area contributed by atoms with Gasteiger partial charge in [0.25, 0.3) is 0 Å². The summed E-state index contributed by atoms with van der Waals surface area (Å²) in [5.41, 5.74) is -0.122. The second-order valence-corrected chi connectivity index (χ2v) is 2.67. The monoisotopic (exact) mass is 208 g/mol. The second kappa shape index (κ2) is 3.45. The van der Waals surface area contributed by atoms with Crippen molar-refractivity contribution in [1.82, 2.24) is 19.5 Å². The Hall–Kier alpha value is -2.31. The van der Waals surface area contributed by atoms with Gasteiger partial charge in [0.15, 0.2) is 11.5 Å². The average Bonchev–Trinajstić information content (AvgIpc) is 2.68. The molecule has 0 saturated carbocycles. The highest BCUT2D eigenvalue weighted by molar-refractivity contribution is 5.85. The number of carboxylic acids is 1. The molecule has 15 heavy (non-hydrogen) atoms. The highest BCUT2D eigenvalue weighted by atomic mass is 19.1. The maximum atomic E-state index is 12.5. The number of halogens is 1. The van der Waals surface area contributed by atoms with Crippen LogP contribution in [0.15, 0.2) is 24.9 Å². The minimum Gasteiger partial charge on any atom is -0.476 e. The quantitative estimate of drug-likeness (QED) is 0.777. The van der Waals surface area contributed by atoms with Gasteiger partial charge in [0.05, 0.1) is 12.4 Å². The first-order valence-corrected chi connectivity index (χ1v) is 3.92. The van der Waals surface area contributed by atoms with Crippen molar-refractivity contribution < 1.29 is 14.3 Å². The Morgan fingerprint density at radius 1 is 1.33 bits per heavy atom. The van der Waals surface area contributed by atoms with Gasteiger partial charge >= 0.3 is 5.97 Å². The summed E-state index contributed by atoms with van der Waals surface area (Å²) >= 11 is 0. The highest BCUT2D eigenvalue weighted by Gasteiger charge is 2.08. The van der Waals surface area contributed by atoms with Crippen molar-refractivity contribution in [1.29, 1.82) is 0 Å². The molecule has 6 nitrogen and oxygen atoms in total. The predicted octanol–water partition coefficient (Wildman–Crippen LogP) is 0.500. The molecule has 1 N–H and O–H groups in total. The highest BCUT2D eigenvalue weighted by Crippen LogP contribution is 2.03. The number of hydrogen-bond acceptors (Lipinski definition) is 4. The standard InChI is InChI=1S/C8H5FN4O2/c9-5-1-10-8(11-2-5)13-3-6(7(14)15)12-4-13/h1-4H,(H,14,15). The summed E-state index contributed by atoms with van der Waals surface area (Å²) < 4.78 is 13.8. The molecule has 0 bridgehead atoms. The van der Waals surface area contributed by atoms with Gasteiger partial charge in [0.1, 0.15) is 6.33 Å². The largest absolute Gasteiger partial charge is 0.476 e. The van der Waals surface area contributed by atoms with Crippen molar-refractivity contribution >= 4 is 5.97 Å². The zero-order chi connectivity index (χ0) is 10.8. The molecule has 76 valence electrons. The molecule has 0 radical (unpaired) electrons. The van der Waals surface area contributed by atoms with E-state index >= 15 is 0 Å². The maximum absolute atomic E-state index is 12.5. The van der Waals surface area contributed by atoms with E-state index in [2.05, 4.69) is 15.0 Å². The first-order valence-electron chi connectivity index (χ1n) is 3.92. The van der Waals surface area contributed by atoms with Crippen LogP contribution >= 0.6 is 0 Å². The van der Waals surface area contributed by atoms with E-state index in [-0.39, 0.29) is 11.6 Å². The van der Waals surface area contributed by atoms with Gasteiger partial charge in [-0.1, -0.05) is 0 Å². The smallest absolute Gasteiger partial charge is 0.356 e. The zero-order valence-corrected chi connectivity index (χ0v) is 7.33. The van der Waals surface area contributed by atoms with Gasteiger partial charge in [-0.25, -0.2) is 24.1 Å². The molecule has 0 fully saturated rings. The molecule has 0 amide bonds. The number of carboxylic acid groups (broad SMARTS) is 1. The summed E-state index contributed by atoms with van der Waals surface area (Å²) in [4.78, 5) is 21.5. The van der Waals surface area contributed by atoms with E-state index in [1.54, 1.807) is 0 Å². The molecule has 0 saturated heterocycles. The molecule has 0 spiro atoms. The van der Waals surface area contributed by atoms with Crippen molar-refractivity contribution in [3.8, 4) is 5.95 Å². The van der Waals surface area contributed by atoms with Crippen LogP contribution in [0.2, 0.25) is 0 Å². The van der Waals surface area contributed by atoms with Crippen LogP contribution in [0.25, 0.3) is 5.95 Å². The fourth-order valence-corrected chi connectivity index (χ4v) is 0.981. The molecule has 2 aromatic heterocycles. The Kier molecular flexibility index (Phi) is 2.13. The molecule has 0 aliphatic heterocycles. The molecule has 0 aromatic carbocycles. The predicted molar refractivity (Wildman–Crippen MR) is 46.1 cm³/mol. The molecule has 0 aliphatic carbocycles. The molecule has 2 rings (SSSR count). The molecule has 0 aliphatic rings. The lowest BCUT2D eigenvalue weighted by Gasteiger charge is -1.97. The van der Waals surface area contributed by atoms with Gasteiger partial charge < -0.3 is 5.11 Å². The van der Waals surface area contributed by atoms with Gasteiger partial charge in [0, 0.05) is 6.20 Å². The second-order valence-electron chi connectivity index (χ2n) is 2.67. The lowest BCUT2D eigenvalue weighted by Crippen LogP contribution is -1.99. The Morgan fingerprint density at radius 2 is 2.00 bits per heavy atom. The number of nitrogens with zero attached hydrogens (tertiary/aromatic N) is 4. The van der Waals surface area contributed by atoms with Gasteiger partial charge in [0.2, 0.25) is 5.95 Å². The van der Waals surface area contributed by atoms with E-state index in [0.29, 0.717) is 0 Å². The number of aromatic carboxylic acids is 1. The minimum atomic E-state index is -1.14. The first kappa shape index (κ1) is 9.25. The summed E-state index contributed by atoms with van der Waals surface area (Å²) in [7, 11) is 0. The number of hydrogen-bond donors (Lipinski definition) is 1. The van der Waals surface area contributed by atoms with Crippen LogP contribution in [0.5, 0.6) is 0 Å². The summed E-state index contributed by atoms with van der Waals surface area (Å²) in [5, 5.41) is 8.61. The van der Waals surface area contributed by atoms with Gasteiger partial charge in [-0.3, -0.25) is 4.57 Å². The Labute approximate surface area is 83.1 Å². The molecular weight excluding hydrogens is 203 g/mol. The summed E-state index contributed by atoms with van der Waals surface area (Å²) in [5.74, 6) is -1.54. The third kappa shape index (κ3) is 1.80. The Balaban J connectivity index is 2.37. The SMILES string of the molecule is O=C(O)c1cn(-c2ncc(F)cn2)cn1. The van der Waals surface area contributed by atoms with Crippen molar-refractivity contribution in [2.45, 2.75) is 0 Å². The molecular formula is C8H5FN4O2. The van der Waals surface area contributed by atoms with E-state index < -0.39 is 11.8 Å². The summed E-state index contributed by atoms with van der Waals surface area (Å²) in [6, 6.07) is 0. The van der Waals surface area contributed by atoms with Crippen LogP contribution in [-0.2, 0) is 0 Å². The molecule has 2 aromatic rings. The first-order chi connectivity index (χ1) is 7.16. The third-order valence-electron chi connectivity index (χ3n) is 1.64. The van der Waals surface area contributed by atoms with E-state index in [0.717, 1.165) is 12.4 Å². The molecule has 2 heterocycles. The topological polar surface area (TPSA) is 80.9 Å². The van der Waals surface area contributed by atoms with Crippen molar-refractivity contribution in [3.63, 3.8) is 0 Å². The lowest BCUT2D eigenvalue weighted by atomic mass is 10.5. The van der Waals surface area contributed by atoms with Crippen LogP contribution in [0.3, 0.4) is 0 Å².